The van der Waals surface area contributed by atoms with Crippen molar-refractivity contribution in [2.75, 3.05) is 18.0 Å². The standard InChI is InChI=1S/C16H20N2O2.ClH/c1-17-13-4-3-12(11-14(13)20-15(17)19)18-9-7-16(8-10-18)5-2-6-16;/h3-4,11H,2,5-10H2,1H3;1H. The van der Waals surface area contributed by atoms with E-state index in [0.717, 1.165) is 18.6 Å². The molecule has 2 heterocycles. The number of nitrogens with zero attached hydrogens (tertiary/aromatic N) is 2. The van der Waals surface area contributed by atoms with E-state index in [-0.39, 0.29) is 18.2 Å². The Kier molecular flexibility index (Phi) is 3.52. The monoisotopic (exact) mass is 308 g/mol. The van der Waals surface area contributed by atoms with E-state index in [1.807, 2.05) is 12.1 Å². The second kappa shape index (κ2) is 5.09. The Balaban J connectivity index is 0.00000132. The molecule has 21 heavy (non-hydrogen) atoms. The first kappa shape index (κ1) is 14.5. The van der Waals surface area contributed by atoms with Gasteiger partial charge < -0.3 is 9.32 Å². The fraction of sp³-hybridized carbons (Fsp3) is 0.562. The summed E-state index contributed by atoms with van der Waals surface area (Å²) in [6.07, 6.45) is 6.88. The predicted octanol–water partition coefficient (Wildman–Crippen LogP) is 3.32. The molecule has 2 aliphatic rings. The first-order chi connectivity index (χ1) is 9.67. The highest BCUT2D eigenvalue weighted by molar-refractivity contribution is 5.85. The zero-order chi connectivity index (χ0) is 13.7. The molecule has 0 atom stereocenters. The van der Waals surface area contributed by atoms with Crippen molar-refractivity contribution in [2.24, 2.45) is 12.5 Å². The molecule has 1 aromatic heterocycles. The lowest BCUT2D eigenvalue weighted by atomic mass is 9.63. The van der Waals surface area contributed by atoms with Gasteiger partial charge in [-0.25, -0.2) is 4.79 Å². The first-order valence-electron chi connectivity index (χ1n) is 7.52. The molecule has 0 amide bonds. The summed E-state index contributed by atoms with van der Waals surface area (Å²) in [5.41, 5.74) is 3.41. The summed E-state index contributed by atoms with van der Waals surface area (Å²) in [5.74, 6) is -0.288. The maximum atomic E-state index is 11.5. The van der Waals surface area contributed by atoms with Crippen molar-refractivity contribution in [1.29, 1.82) is 0 Å². The minimum Gasteiger partial charge on any atom is -0.408 e. The van der Waals surface area contributed by atoms with Crippen LogP contribution >= 0.6 is 12.4 Å². The van der Waals surface area contributed by atoms with Crippen LogP contribution in [0.2, 0.25) is 0 Å². The number of hydrogen-bond donors (Lipinski definition) is 0. The molecule has 1 spiro atoms. The highest BCUT2D eigenvalue weighted by atomic mass is 35.5. The number of piperidine rings is 1. The van der Waals surface area contributed by atoms with Crippen LogP contribution in [-0.2, 0) is 7.05 Å². The molecule has 5 heteroatoms. The zero-order valence-corrected chi connectivity index (χ0v) is 13.1. The van der Waals surface area contributed by atoms with Crippen molar-refractivity contribution >= 4 is 29.2 Å². The van der Waals surface area contributed by atoms with Crippen molar-refractivity contribution in [3.05, 3.63) is 28.7 Å². The topological polar surface area (TPSA) is 38.4 Å². The molecule has 1 saturated heterocycles. The molecule has 4 nitrogen and oxygen atoms in total. The summed E-state index contributed by atoms with van der Waals surface area (Å²) in [5, 5.41) is 0. The quantitative estimate of drug-likeness (QED) is 0.811. The van der Waals surface area contributed by atoms with E-state index >= 15 is 0 Å². The number of hydrogen-bond acceptors (Lipinski definition) is 3. The van der Waals surface area contributed by atoms with E-state index in [1.54, 1.807) is 11.6 Å². The van der Waals surface area contributed by atoms with Crippen LogP contribution in [0.4, 0.5) is 5.69 Å². The van der Waals surface area contributed by atoms with E-state index < -0.39 is 0 Å². The van der Waals surface area contributed by atoms with Crippen molar-refractivity contribution in [3.8, 4) is 0 Å². The first-order valence-corrected chi connectivity index (χ1v) is 7.52. The van der Waals surface area contributed by atoms with Gasteiger partial charge in [0.15, 0.2) is 5.58 Å². The Morgan fingerprint density at radius 3 is 2.48 bits per heavy atom. The van der Waals surface area contributed by atoms with Gasteiger partial charge in [-0.15, -0.1) is 12.4 Å². The number of rotatable bonds is 1. The molecule has 1 aliphatic heterocycles. The van der Waals surface area contributed by atoms with E-state index in [4.69, 9.17) is 4.42 Å². The molecule has 4 rings (SSSR count). The number of oxazole rings is 1. The lowest BCUT2D eigenvalue weighted by Crippen LogP contribution is -2.43. The van der Waals surface area contributed by atoms with Crippen LogP contribution in [0.1, 0.15) is 32.1 Å². The molecule has 0 N–H and O–H groups in total. The van der Waals surface area contributed by atoms with Crippen LogP contribution in [0.5, 0.6) is 0 Å². The Hall–Kier alpha value is -1.42. The average molecular weight is 309 g/mol. The van der Waals surface area contributed by atoms with Crippen LogP contribution in [0.15, 0.2) is 27.4 Å². The van der Waals surface area contributed by atoms with Gasteiger partial charge in [0.05, 0.1) is 5.52 Å². The molecule has 0 unspecified atom stereocenters. The molecule has 2 fully saturated rings. The van der Waals surface area contributed by atoms with Crippen LogP contribution in [0.3, 0.4) is 0 Å². The smallest absolute Gasteiger partial charge is 0.408 e. The molecule has 1 saturated carbocycles. The molecule has 1 aromatic carbocycles. The number of aromatic nitrogens is 1. The van der Waals surface area contributed by atoms with Crippen LogP contribution in [0.25, 0.3) is 11.1 Å². The van der Waals surface area contributed by atoms with Crippen molar-refractivity contribution < 1.29 is 4.42 Å². The summed E-state index contributed by atoms with van der Waals surface area (Å²) in [7, 11) is 1.75. The lowest BCUT2D eigenvalue weighted by Gasteiger charge is -2.48. The van der Waals surface area contributed by atoms with Gasteiger partial charge in [0.2, 0.25) is 0 Å². The SMILES string of the molecule is Cl.Cn1c(=O)oc2cc(N3CCC4(CCC4)CC3)ccc21. The minimum absolute atomic E-state index is 0. The summed E-state index contributed by atoms with van der Waals surface area (Å²) >= 11 is 0. The average Bonchev–Trinajstić information content (AvgIpc) is 2.72. The molecule has 0 radical (unpaired) electrons. The van der Waals surface area contributed by atoms with E-state index in [2.05, 4.69) is 11.0 Å². The van der Waals surface area contributed by atoms with Gasteiger partial charge >= 0.3 is 5.76 Å². The van der Waals surface area contributed by atoms with Gasteiger partial charge in [-0.05, 0) is 43.2 Å². The molecule has 1 aliphatic carbocycles. The third kappa shape index (κ3) is 2.26. The highest BCUT2D eigenvalue weighted by Crippen LogP contribution is 2.49. The Labute approximate surface area is 130 Å². The summed E-state index contributed by atoms with van der Waals surface area (Å²) in [4.78, 5) is 14.0. The van der Waals surface area contributed by atoms with Crippen molar-refractivity contribution in [3.63, 3.8) is 0 Å². The van der Waals surface area contributed by atoms with Gasteiger partial charge in [-0.1, -0.05) is 6.42 Å². The van der Waals surface area contributed by atoms with Gasteiger partial charge in [-0.2, -0.15) is 0 Å². The van der Waals surface area contributed by atoms with Gasteiger partial charge in [0.25, 0.3) is 0 Å². The Morgan fingerprint density at radius 2 is 1.86 bits per heavy atom. The fourth-order valence-electron chi connectivity index (χ4n) is 3.74. The van der Waals surface area contributed by atoms with E-state index in [0.29, 0.717) is 11.0 Å². The summed E-state index contributed by atoms with van der Waals surface area (Å²) in [6, 6.07) is 6.11. The van der Waals surface area contributed by atoms with Gasteiger partial charge in [0, 0.05) is 31.9 Å². The third-order valence-electron chi connectivity index (χ3n) is 5.38. The minimum atomic E-state index is -0.288. The maximum absolute atomic E-state index is 11.5. The van der Waals surface area contributed by atoms with Crippen LogP contribution in [0, 0.1) is 5.41 Å². The zero-order valence-electron chi connectivity index (χ0n) is 12.3. The van der Waals surface area contributed by atoms with Gasteiger partial charge in [0.1, 0.15) is 0 Å². The predicted molar refractivity (Wildman–Crippen MR) is 86.4 cm³/mol. The molecular weight excluding hydrogens is 288 g/mol. The maximum Gasteiger partial charge on any atom is 0.419 e. The van der Waals surface area contributed by atoms with Crippen molar-refractivity contribution in [1.82, 2.24) is 4.57 Å². The number of aryl methyl sites for hydroxylation is 1. The highest BCUT2D eigenvalue weighted by Gasteiger charge is 2.39. The molecule has 114 valence electrons. The summed E-state index contributed by atoms with van der Waals surface area (Å²) < 4.78 is 6.84. The fourth-order valence-corrected chi connectivity index (χ4v) is 3.74. The number of anilines is 1. The number of halogens is 1. The van der Waals surface area contributed by atoms with Gasteiger partial charge in [-0.3, -0.25) is 4.57 Å². The Bertz CT molecular complexity index is 705. The normalized spacial score (nSPS) is 20.3. The van der Waals surface area contributed by atoms with Crippen LogP contribution in [-0.4, -0.2) is 17.7 Å². The van der Waals surface area contributed by atoms with E-state index in [1.165, 1.54) is 37.8 Å². The number of benzene rings is 1. The third-order valence-corrected chi connectivity index (χ3v) is 5.38. The molecule has 2 aromatic rings. The molecule has 0 bridgehead atoms. The summed E-state index contributed by atoms with van der Waals surface area (Å²) in [6.45, 7) is 2.26. The lowest BCUT2D eigenvalue weighted by molar-refractivity contribution is 0.0955. The Morgan fingerprint density at radius 1 is 1.14 bits per heavy atom. The second-order valence-corrected chi connectivity index (χ2v) is 6.42. The number of fused-ring (bicyclic) bond motifs is 1. The van der Waals surface area contributed by atoms with Crippen LogP contribution < -0.4 is 10.7 Å². The van der Waals surface area contributed by atoms with Crippen molar-refractivity contribution in [2.45, 2.75) is 32.1 Å². The molecular formula is C16H21ClN2O2. The van der Waals surface area contributed by atoms with E-state index in [9.17, 15) is 4.79 Å². The largest absolute Gasteiger partial charge is 0.419 e. The second-order valence-electron chi connectivity index (χ2n) is 6.42.